The maximum Gasteiger partial charge on any atom is 0.321 e. The highest BCUT2D eigenvalue weighted by Crippen LogP contribution is 2.21. The summed E-state index contributed by atoms with van der Waals surface area (Å²) >= 11 is 0. The fourth-order valence-electron chi connectivity index (χ4n) is 3.12. The van der Waals surface area contributed by atoms with Gasteiger partial charge in [0.1, 0.15) is 5.82 Å². The highest BCUT2D eigenvalue weighted by atomic mass is 19.1. The molecule has 1 saturated heterocycles. The van der Waals surface area contributed by atoms with Crippen LogP contribution in [0.3, 0.4) is 0 Å². The first-order chi connectivity index (χ1) is 13.4. The Morgan fingerprint density at radius 3 is 2.50 bits per heavy atom. The van der Waals surface area contributed by atoms with Crippen molar-refractivity contribution in [1.29, 1.82) is 0 Å². The maximum absolute atomic E-state index is 14.2. The lowest BCUT2D eigenvalue weighted by atomic mass is 9.99. The van der Waals surface area contributed by atoms with Crippen LogP contribution in [0.15, 0.2) is 42.5 Å². The van der Waals surface area contributed by atoms with Gasteiger partial charge in [-0.3, -0.25) is 9.69 Å². The molecule has 1 aliphatic rings. The average molecular weight is 384 g/mol. The molecule has 0 radical (unpaired) electrons. The van der Waals surface area contributed by atoms with Gasteiger partial charge in [0.05, 0.1) is 5.56 Å². The monoisotopic (exact) mass is 384 g/mol. The van der Waals surface area contributed by atoms with E-state index >= 15 is 0 Å². The predicted octanol–water partition coefficient (Wildman–Crippen LogP) is 2.91. The van der Waals surface area contributed by atoms with Crippen LogP contribution in [0.5, 0.6) is 0 Å². The molecule has 2 aromatic rings. The minimum Gasteiger partial charge on any atom is -0.350 e. The SMILES string of the molecule is CC(C)c1ccc(C(N)CNC(=O)c2cc(N3CCNC3=O)ccc2F)cc1. The van der Waals surface area contributed by atoms with Gasteiger partial charge in [-0.15, -0.1) is 0 Å². The summed E-state index contributed by atoms with van der Waals surface area (Å²) < 4.78 is 14.2. The molecule has 1 fully saturated rings. The zero-order valence-corrected chi connectivity index (χ0v) is 16.0. The standard InChI is InChI=1S/C21H25FN4O2/c1-13(2)14-3-5-15(6-4-14)19(23)12-25-20(27)17-11-16(7-8-18(17)22)26-10-9-24-21(26)28/h3-8,11,13,19H,9-10,12,23H2,1-2H3,(H,24,28)(H,25,27). The van der Waals surface area contributed by atoms with E-state index in [4.69, 9.17) is 5.73 Å². The van der Waals surface area contributed by atoms with Crippen LogP contribution in [0.25, 0.3) is 0 Å². The number of hydrogen-bond acceptors (Lipinski definition) is 3. The van der Waals surface area contributed by atoms with Crippen LogP contribution in [0.2, 0.25) is 0 Å². The minimum atomic E-state index is -0.643. The third-order valence-electron chi connectivity index (χ3n) is 4.88. The number of amides is 3. The summed E-state index contributed by atoms with van der Waals surface area (Å²) in [5.74, 6) is -0.776. The summed E-state index contributed by atoms with van der Waals surface area (Å²) in [5, 5.41) is 5.36. The van der Waals surface area contributed by atoms with E-state index in [9.17, 15) is 14.0 Å². The van der Waals surface area contributed by atoms with E-state index in [2.05, 4.69) is 24.5 Å². The molecule has 4 N–H and O–H groups in total. The summed E-state index contributed by atoms with van der Waals surface area (Å²) in [5.41, 5.74) is 8.64. The van der Waals surface area contributed by atoms with Crippen molar-refractivity contribution < 1.29 is 14.0 Å². The highest BCUT2D eigenvalue weighted by Gasteiger charge is 2.23. The lowest BCUT2D eigenvalue weighted by Crippen LogP contribution is -2.33. The number of hydrogen-bond donors (Lipinski definition) is 3. The molecule has 3 amide bonds. The van der Waals surface area contributed by atoms with Crippen LogP contribution in [-0.4, -0.2) is 31.6 Å². The second kappa shape index (κ2) is 8.39. The van der Waals surface area contributed by atoms with Crippen molar-refractivity contribution in [2.75, 3.05) is 24.5 Å². The number of nitrogens with two attached hydrogens (primary N) is 1. The third kappa shape index (κ3) is 4.31. The molecule has 1 aliphatic heterocycles. The predicted molar refractivity (Wildman–Crippen MR) is 107 cm³/mol. The Morgan fingerprint density at radius 1 is 1.21 bits per heavy atom. The van der Waals surface area contributed by atoms with Crippen LogP contribution in [0.1, 0.15) is 47.3 Å². The minimum absolute atomic E-state index is 0.112. The molecule has 28 heavy (non-hydrogen) atoms. The average Bonchev–Trinajstić information content (AvgIpc) is 3.12. The zero-order chi connectivity index (χ0) is 20.3. The van der Waals surface area contributed by atoms with Gasteiger partial charge in [-0.2, -0.15) is 0 Å². The molecular weight excluding hydrogens is 359 g/mol. The van der Waals surface area contributed by atoms with Crippen molar-refractivity contribution in [3.63, 3.8) is 0 Å². The molecule has 2 aromatic carbocycles. The van der Waals surface area contributed by atoms with Crippen LogP contribution in [0.4, 0.5) is 14.9 Å². The smallest absolute Gasteiger partial charge is 0.321 e. The number of nitrogens with zero attached hydrogens (tertiary/aromatic N) is 1. The van der Waals surface area contributed by atoms with Crippen molar-refractivity contribution in [2.45, 2.75) is 25.8 Å². The van der Waals surface area contributed by atoms with Crippen molar-refractivity contribution in [3.8, 4) is 0 Å². The van der Waals surface area contributed by atoms with Crippen LogP contribution in [-0.2, 0) is 0 Å². The summed E-state index contributed by atoms with van der Waals surface area (Å²) in [6, 6.07) is 11.3. The second-order valence-corrected chi connectivity index (χ2v) is 7.19. The highest BCUT2D eigenvalue weighted by molar-refractivity contribution is 5.98. The lowest BCUT2D eigenvalue weighted by molar-refractivity contribution is 0.0947. The summed E-state index contributed by atoms with van der Waals surface area (Å²) in [6.45, 7) is 5.39. The number of rotatable bonds is 6. The normalized spacial score (nSPS) is 14.9. The Balaban J connectivity index is 1.66. The first-order valence-corrected chi connectivity index (χ1v) is 9.35. The summed E-state index contributed by atoms with van der Waals surface area (Å²) in [4.78, 5) is 25.7. The second-order valence-electron chi connectivity index (χ2n) is 7.19. The third-order valence-corrected chi connectivity index (χ3v) is 4.88. The van der Waals surface area contributed by atoms with Gasteiger partial charge in [-0.25, -0.2) is 9.18 Å². The molecule has 0 bridgehead atoms. The lowest BCUT2D eigenvalue weighted by Gasteiger charge is -2.17. The van der Waals surface area contributed by atoms with Crippen molar-refractivity contribution in [1.82, 2.24) is 10.6 Å². The molecule has 0 aromatic heterocycles. The molecular formula is C21H25FN4O2. The number of benzene rings is 2. The molecule has 6 nitrogen and oxygen atoms in total. The van der Waals surface area contributed by atoms with E-state index in [0.717, 1.165) is 5.56 Å². The van der Waals surface area contributed by atoms with Crippen LogP contribution >= 0.6 is 0 Å². The maximum atomic E-state index is 14.2. The zero-order valence-electron chi connectivity index (χ0n) is 16.0. The van der Waals surface area contributed by atoms with Gasteiger partial charge in [0.15, 0.2) is 0 Å². The number of halogens is 1. The van der Waals surface area contributed by atoms with Crippen molar-refractivity contribution >= 4 is 17.6 Å². The van der Waals surface area contributed by atoms with Crippen molar-refractivity contribution in [2.24, 2.45) is 5.73 Å². The van der Waals surface area contributed by atoms with Gasteiger partial charge in [0.25, 0.3) is 5.91 Å². The Morgan fingerprint density at radius 2 is 1.89 bits per heavy atom. The number of carbonyl (C=O) groups is 2. The largest absolute Gasteiger partial charge is 0.350 e. The van der Waals surface area contributed by atoms with E-state index in [0.29, 0.717) is 24.7 Å². The van der Waals surface area contributed by atoms with Gasteiger partial charge >= 0.3 is 6.03 Å². The molecule has 148 valence electrons. The molecule has 1 atom stereocenters. The fraction of sp³-hybridized carbons (Fsp3) is 0.333. The van der Waals surface area contributed by atoms with E-state index in [1.807, 2.05) is 24.3 Å². The first kappa shape index (κ1) is 19.8. The molecule has 1 unspecified atom stereocenters. The summed E-state index contributed by atoms with van der Waals surface area (Å²) in [6.07, 6.45) is 0. The van der Waals surface area contributed by atoms with E-state index < -0.39 is 17.8 Å². The quantitative estimate of drug-likeness (QED) is 0.716. The van der Waals surface area contributed by atoms with Gasteiger partial charge in [-0.05, 0) is 35.2 Å². The Labute approximate surface area is 163 Å². The molecule has 7 heteroatoms. The molecule has 1 heterocycles. The van der Waals surface area contributed by atoms with Crippen molar-refractivity contribution in [3.05, 3.63) is 65.0 Å². The first-order valence-electron chi connectivity index (χ1n) is 9.35. The van der Waals surface area contributed by atoms with E-state index in [1.165, 1.54) is 28.7 Å². The van der Waals surface area contributed by atoms with Gasteiger partial charge in [-0.1, -0.05) is 38.1 Å². The van der Waals surface area contributed by atoms with Crippen LogP contribution < -0.4 is 21.3 Å². The Hall–Kier alpha value is -2.93. The number of nitrogens with one attached hydrogen (secondary N) is 2. The number of urea groups is 1. The Kier molecular flexibility index (Phi) is 5.94. The molecule has 3 rings (SSSR count). The van der Waals surface area contributed by atoms with Gasteiger partial charge in [0.2, 0.25) is 0 Å². The van der Waals surface area contributed by atoms with E-state index in [-0.39, 0.29) is 18.1 Å². The molecule has 0 spiro atoms. The van der Waals surface area contributed by atoms with E-state index in [1.54, 1.807) is 0 Å². The Bertz CT molecular complexity index is 867. The molecule has 0 aliphatic carbocycles. The van der Waals surface area contributed by atoms with Gasteiger partial charge in [0, 0.05) is 31.4 Å². The fourth-order valence-corrected chi connectivity index (χ4v) is 3.12. The topological polar surface area (TPSA) is 87.5 Å². The number of anilines is 1. The van der Waals surface area contributed by atoms with Gasteiger partial charge < -0.3 is 16.4 Å². The number of carbonyl (C=O) groups excluding carboxylic acids is 2. The van der Waals surface area contributed by atoms with Crippen LogP contribution in [0, 0.1) is 5.82 Å². The summed E-state index contributed by atoms with van der Waals surface area (Å²) in [7, 11) is 0. The molecule has 0 saturated carbocycles.